The standard InChI is InChI=1S/C17H21NO3/c1-12(13-5-10-16(19)17(11-13)21-4)18(2)14-6-8-15(20-3)9-7-14/h5-12,19H,1-4H3. The maximum absolute atomic E-state index is 9.68. The van der Waals surface area contributed by atoms with Gasteiger partial charge in [-0.25, -0.2) is 0 Å². The first-order valence-electron chi connectivity index (χ1n) is 6.80. The van der Waals surface area contributed by atoms with Crippen molar-refractivity contribution >= 4 is 5.69 Å². The summed E-state index contributed by atoms with van der Waals surface area (Å²) in [5.74, 6) is 1.48. The van der Waals surface area contributed by atoms with Gasteiger partial charge in [-0.3, -0.25) is 0 Å². The summed E-state index contributed by atoms with van der Waals surface area (Å²) in [4.78, 5) is 2.16. The molecule has 0 aliphatic rings. The molecular weight excluding hydrogens is 266 g/mol. The van der Waals surface area contributed by atoms with Crippen LogP contribution in [-0.4, -0.2) is 26.4 Å². The van der Waals surface area contributed by atoms with Crippen molar-refractivity contribution in [3.8, 4) is 17.2 Å². The molecule has 0 radical (unpaired) electrons. The zero-order chi connectivity index (χ0) is 15.4. The van der Waals surface area contributed by atoms with Crippen LogP contribution < -0.4 is 14.4 Å². The number of phenols is 1. The number of anilines is 1. The molecule has 2 rings (SSSR count). The van der Waals surface area contributed by atoms with Gasteiger partial charge in [-0.15, -0.1) is 0 Å². The van der Waals surface area contributed by atoms with E-state index >= 15 is 0 Å². The number of aromatic hydroxyl groups is 1. The van der Waals surface area contributed by atoms with Crippen LogP contribution in [0.25, 0.3) is 0 Å². The van der Waals surface area contributed by atoms with Crippen LogP contribution >= 0.6 is 0 Å². The van der Waals surface area contributed by atoms with Crippen LogP contribution in [0, 0.1) is 0 Å². The Bertz CT molecular complexity index is 595. The van der Waals surface area contributed by atoms with Crippen LogP contribution in [0.5, 0.6) is 17.2 Å². The summed E-state index contributed by atoms with van der Waals surface area (Å²) < 4.78 is 10.3. The summed E-state index contributed by atoms with van der Waals surface area (Å²) in [6.07, 6.45) is 0. The van der Waals surface area contributed by atoms with E-state index in [-0.39, 0.29) is 11.8 Å². The molecule has 0 bridgehead atoms. The molecular formula is C17H21NO3. The van der Waals surface area contributed by atoms with E-state index in [1.807, 2.05) is 43.4 Å². The highest BCUT2D eigenvalue weighted by atomic mass is 16.5. The van der Waals surface area contributed by atoms with Gasteiger partial charge in [-0.2, -0.15) is 0 Å². The normalized spacial score (nSPS) is 11.8. The summed E-state index contributed by atoms with van der Waals surface area (Å²) in [6, 6.07) is 13.5. The van der Waals surface area contributed by atoms with Gasteiger partial charge in [-0.05, 0) is 48.9 Å². The number of ether oxygens (including phenoxy) is 2. The minimum Gasteiger partial charge on any atom is -0.504 e. The van der Waals surface area contributed by atoms with Gasteiger partial charge in [0.1, 0.15) is 5.75 Å². The van der Waals surface area contributed by atoms with Crippen molar-refractivity contribution in [2.45, 2.75) is 13.0 Å². The maximum Gasteiger partial charge on any atom is 0.160 e. The smallest absolute Gasteiger partial charge is 0.160 e. The average Bonchev–Trinajstić information content (AvgIpc) is 2.54. The quantitative estimate of drug-likeness (QED) is 0.912. The van der Waals surface area contributed by atoms with E-state index in [2.05, 4.69) is 11.8 Å². The van der Waals surface area contributed by atoms with Gasteiger partial charge in [0.25, 0.3) is 0 Å². The van der Waals surface area contributed by atoms with Crippen LogP contribution in [-0.2, 0) is 0 Å². The van der Waals surface area contributed by atoms with Gasteiger partial charge >= 0.3 is 0 Å². The summed E-state index contributed by atoms with van der Waals surface area (Å²) in [5, 5.41) is 9.68. The van der Waals surface area contributed by atoms with Gasteiger partial charge in [-0.1, -0.05) is 6.07 Å². The second-order valence-electron chi connectivity index (χ2n) is 4.92. The van der Waals surface area contributed by atoms with E-state index in [1.54, 1.807) is 20.3 Å². The second kappa shape index (κ2) is 6.39. The van der Waals surface area contributed by atoms with E-state index in [0.29, 0.717) is 5.75 Å². The van der Waals surface area contributed by atoms with Gasteiger partial charge in [0.2, 0.25) is 0 Å². The molecule has 0 saturated heterocycles. The van der Waals surface area contributed by atoms with Crippen molar-refractivity contribution in [3.05, 3.63) is 48.0 Å². The first-order valence-corrected chi connectivity index (χ1v) is 6.80. The van der Waals surface area contributed by atoms with Crippen molar-refractivity contribution in [1.29, 1.82) is 0 Å². The number of phenolic OH excluding ortho intramolecular Hbond substituents is 1. The third-order valence-electron chi connectivity index (χ3n) is 3.75. The third kappa shape index (κ3) is 3.21. The minimum absolute atomic E-state index is 0.146. The number of benzene rings is 2. The van der Waals surface area contributed by atoms with Crippen LogP contribution in [0.15, 0.2) is 42.5 Å². The lowest BCUT2D eigenvalue weighted by Gasteiger charge is -2.28. The molecule has 4 nitrogen and oxygen atoms in total. The van der Waals surface area contributed by atoms with Crippen LogP contribution in [0.4, 0.5) is 5.69 Å². The molecule has 1 unspecified atom stereocenters. The Balaban J connectivity index is 2.23. The molecule has 0 heterocycles. The van der Waals surface area contributed by atoms with E-state index in [9.17, 15) is 5.11 Å². The number of nitrogens with zero attached hydrogens (tertiary/aromatic N) is 1. The Kier molecular flexibility index (Phi) is 4.58. The fourth-order valence-electron chi connectivity index (χ4n) is 2.22. The average molecular weight is 287 g/mol. The SMILES string of the molecule is COc1ccc(N(C)C(C)c2ccc(O)c(OC)c2)cc1. The van der Waals surface area contributed by atoms with Gasteiger partial charge < -0.3 is 19.5 Å². The first kappa shape index (κ1) is 15.0. The molecule has 112 valence electrons. The van der Waals surface area contributed by atoms with Crippen molar-refractivity contribution in [2.24, 2.45) is 0 Å². The van der Waals surface area contributed by atoms with Crippen molar-refractivity contribution in [1.82, 2.24) is 0 Å². The molecule has 21 heavy (non-hydrogen) atoms. The van der Waals surface area contributed by atoms with Crippen molar-refractivity contribution < 1.29 is 14.6 Å². The molecule has 2 aromatic carbocycles. The Hall–Kier alpha value is -2.36. The van der Waals surface area contributed by atoms with E-state index < -0.39 is 0 Å². The number of hydrogen-bond acceptors (Lipinski definition) is 4. The number of hydrogen-bond donors (Lipinski definition) is 1. The van der Waals surface area contributed by atoms with Crippen LogP contribution in [0.1, 0.15) is 18.5 Å². The predicted molar refractivity (Wildman–Crippen MR) is 84.5 cm³/mol. The highest BCUT2D eigenvalue weighted by molar-refractivity contribution is 5.51. The molecule has 0 saturated carbocycles. The van der Waals surface area contributed by atoms with Crippen molar-refractivity contribution in [2.75, 3.05) is 26.2 Å². The zero-order valence-electron chi connectivity index (χ0n) is 12.8. The van der Waals surface area contributed by atoms with Gasteiger partial charge in [0.05, 0.1) is 20.3 Å². The van der Waals surface area contributed by atoms with Gasteiger partial charge in [0.15, 0.2) is 11.5 Å². The van der Waals surface area contributed by atoms with Crippen LogP contribution in [0.3, 0.4) is 0 Å². The predicted octanol–water partition coefficient (Wildman–Crippen LogP) is 3.61. The van der Waals surface area contributed by atoms with E-state index in [4.69, 9.17) is 9.47 Å². The Morgan fingerprint density at radius 2 is 1.67 bits per heavy atom. The molecule has 1 N–H and O–H groups in total. The summed E-state index contributed by atoms with van der Waals surface area (Å²) >= 11 is 0. The van der Waals surface area contributed by atoms with Crippen LogP contribution in [0.2, 0.25) is 0 Å². The van der Waals surface area contributed by atoms with E-state index in [0.717, 1.165) is 17.0 Å². The maximum atomic E-state index is 9.68. The number of rotatable bonds is 5. The lowest BCUT2D eigenvalue weighted by Crippen LogP contribution is -2.21. The second-order valence-corrected chi connectivity index (χ2v) is 4.92. The Morgan fingerprint density at radius 1 is 1.00 bits per heavy atom. The molecule has 2 aromatic rings. The third-order valence-corrected chi connectivity index (χ3v) is 3.75. The van der Waals surface area contributed by atoms with Gasteiger partial charge in [0, 0.05) is 12.7 Å². The Morgan fingerprint density at radius 3 is 2.24 bits per heavy atom. The molecule has 0 aromatic heterocycles. The molecule has 4 heteroatoms. The molecule has 1 atom stereocenters. The fourth-order valence-corrected chi connectivity index (χ4v) is 2.22. The highest BCUT2D eigenvalue weighted by Gasteiger charge is 2.14. The lowest BCUT2D eigenvalue weighted by atomic mass is 10.1. The fraction of sp³-hybridized carbons (Fsp3) is 0.294. The summed E-state index contributed by atoms with van der Waals surface area (Å²) in [5.41, 5.74) is 2.17. The molecule has 0 fully saturated rings. The molecule has 0 spiro atoms. The Labute approximate surface area is 125 Å². The highest BCUT2D eigenvalue weighted by Crippen LogP contribution is 2.32. The zero-order valence-corrected chi connectivity index (χ0v) is 12.8. The monoisotopic (exact) mass is 287 g/mol. The number of methoxy groups -OCH3 is 2. The lowest BCUT2D eigenvalue weighted by molar-refractivity contribution is 0.372. The van der Waals surface area contributed by atoms with E-state index in [1.165, 1.54) is 0 Å². The summed E-state index contributed by atoms with van der Waals surface area (Å²) in [7, 11) is 5.24. The molecule has 0 amide bonds. The summed E-state index contributed by atoms with van der Waals surface area (Å²) in [6.45, 7) is 2.11. The minimum atomic E-state index is 0.146. The van der Waals surface area contributed by atoms with Crippen molar-refractivity contribution in [3.63, 3.8) is 0 Å². The largest absolute Gasteiger partial charge is 0.504 e. The first-order chi connectivity index (χ1) is 10.1. The molecule has 0 aliphatic carbocycles. The molecule has 0 aliphatic heterocycles. The topological polar surface area (TPSA) is 41.9 Å².